The van der Waals surface area contributed by atoms with Crippen LogP contribution in [0.1, 0.15) is 25.0 Å². The van der Waals surface area contributed by atoms with E-state index in [9.17, 15) is 22.4 Å². The second-order valence-electron chi connectivity index (χ2n) is 9.27. The summed E-state index contributed by atoms with van der Waals surface area (Å²) >= 11 is 3.40. The fourth-order valence-electron chi connectivity index (χ4n) is 3.97. The summed E-state index contributed by atoms with van der Waals surface area (Å²) < 4.78 is 41.0. The Morgan fingerprint density at radius 1 is 0.947 bits per heavy atom. The minimum absolute atomic E-state index is 0.0238. The van der Waals surface area contributed by atoms with Crippen molar-refractivity contribution in [2.75, 3.05) is 17.1 Å². The second kappa shape index (κ2) is 13.0. The van der Waals surface area contributed by atoms with E-state index in [1.807, 2.05) is 68.4 Å². The fraction of sp³-hybridized carbons (Fsp3) is 0.286. The van der Waals surface area contributed by atoms with Gasteiger partial charge in [-0.3, -0.25) is 13.9 Å². The average molecular weight is 605 g/mol. The Balaban J connectivity index is 2.05. The maximum Gasteiger partial charge on any atom is 0.244 e. The standard InChI is InChI=1S/C28H31BrFN3O4S/c1-20(2)31-28(35)26(16-21-8-5-4-6-9-21)32(18-22-12-14-23(29)15-13-22)27(34)19-33(38(3,36)37)25-11-7-10-24(30)17-25/h4-15,17,20,26H,16,18-19H2,1-3H3,(H,31,35). The van der Waals surface area contributed by atoms with Crippen molar-refractivity contribution in [2.45, 2.75) is 38.9 Å². The summed E-state index contributed by atoms with van der Waals surface area (Å²) in [5.74, 6) is -1.58. The van der Waals surface area contributed by atoms with Gasteiger partial charge in [0.05, 0.1) is 11.9 Å². The number of carbonyl (C=O) groups is 2. The molecule has 3 aromatic carbocycles. The maximum atomic E-state index is 14.0. The number of nitrogens with zero attached hydrogens (tertiary/aromatic N) is 2. The Hall–Kier alpha value is -3.24. The van der Waals surface area contributed by atoms with Crippen LogP contribution in [0.3, 0.4) is 0 Å². The third-order valence-electron chi connectivity index (χ3n) is 5.74. The molecule has 0 saturated heterocycles. The predicted octanol–water partition coefficient (Wildman–Crippen LogP) is 4.52. The molecule has 0 aliphatic rings. The van der Waals surface area contributed by atoms with Crippen LogP contribution in [0.2, 0.25) is 0 Å². The monoisotopic (exact) mass is 603 g/mol. The van der Waals surface area contributed by atoms with Crippen LogP contribution in [-0.4, -0.2) is 50.0 Å². The summed E-state index contributed by atoms with van der Waals surface area (Å²) in [7, 11) is -3.95. The van der Waals surface area contributed by atoms with Gasteiger partial charge in [-0.25, -0.2) is 12.8 Å². The molecule has 0 radical (unpaired) electrons. The molecule has 0 saturated carbocycles. The maximum absolute atomic E-state index is 14.0. The van der Waals surface area contributed by atoms with Gasteiger partial charge in [-0.1, -0.05) is 64.5 Å². The minimum atomic E-state index is -3.95. The zero-order valence-electron chi connectivity index (χ0n) is 21.5. The minimum Gasteiger partial charge on any atom is -0.352 e. The van der Waals surface area contributed by atoms with E-state index in [2.05, 4.69) is 21.2 Å². The lowest BCUT2D eigenvalue weighted by Gasteiger charge is -2.34. The Bertz CT molecular complexity index is 1350. The first kappa shape index (κ1) is 29.3. The van der Waals surface area contributed by atoms with Gasteiger partial charge in [0, 0.05) is 23.5 Å². The van der Waals surface area contributed by atoms with E-state index in [1.165, 1.54) is 23.1 Å². The van der Waals surface area contributed by atoms with Gasteiger partial charge in [-0.05, 0) is 55.3 Å². The number of hydrogen-bond donors (Lipinski definition) is 1. The molecule has 1 atom stereocenters. The van der Waals surface area contributed by atoms with Gasteiger partial charge in [0.25, 0.3) is 0 Å². The number of carbonyl (C=O) groups excluding carboxylic acids is 2. The highest BCUT2D eigenvalue weighted by Crippen LogP contribution is 2.21. The third kappa shape index (κ3) is 8.39. The lowest BCUT2D eigenvalue weighted by atomic mass is 10.0. The number of halogens is 2. The van der Waals surface area contributed by atoms with E-state index in [-0.39, 0.29) is 30.6 Å². The van der Waals surface area contributed by atoms with Crippen molar-refractivity contribution in [3.05, 3.63) is 100 Å². The van der Waals surface area contributed by atoms with Crippen molar-refractivity contribution in [2.24, 2.45) is 0 Å². The zero-order chi connectivity index (χ0) is 27.9. The summed E-state index contributed by atoms with van der Waals surface area (Å²) in [4.78, 5) is 28.7. The van der Waals surface area contributed by atoms with Gasteiger partial charge in [0.15, 0.2) is 0 Å². The fourth-order valence-corrected chi connectivity index (χ4v) is 5.07. The van der Waals surface area contributed by atoms with Crippen molar-refractivity contribution in [3.8, 4) is 0 Å². The molecule has 1 N–H and O–H groups in total. The number of rotatable bonds is 11. The summed E-state index contributed by atoms with van der Waals surface area (Å²) in [5.41, 5.74) is 1.62. The van der Waals surface area contributed by atoms with Crippen LogP contribution < -0.4 is 9.62 Å². The van der Waals surface area contributed by atoms with Crippen LogP contribution in [0.15, 0.2) is 83.3 Å². The summed E-state index contributed by atoms with van der Waals surface area (Å²) in [6, 6.07) is 20.5. The van der Waals surface area contributed by atoms with Gasteiger partial charge in [0.1, 0.15) is 18.4 Å². The molecule has 7 nitrogen and oxygen atoms in total. The third-order valence-corrected chi connectivity index (χ3v) is 7.41. The van der Waals surface area contributed by atoms with Gasteiger partial charge in [0.2, 0.25) is 21.8 Å². The molecule has 38 heavy (non-hydrogen) atoms. The predicted molar refractivity (Wildman–Crippen MR) is 150 cm³/mol. The lowest BCUT2D eigenvalue weighted by Crippen LogP contribution is -2.54. The van der Waals surface area contributed by atoms with E-state index in [4.69, 9.17) is 0 Å². The van der Waals surface area contributed by atoms with Crippen LogP contribution in [-0.2, 0) is 32.6 Å². The topological polar surface area (TPSA) is 86.8 Å². The quantitative estimate of drug-likeness (QED) is 0.349. The zero-order valence-corrected chi connectivity index (χ0v) is 23.9. The highest BCUT2D eigenvalue weighted by molar-refractivity contribution is 9.10. The van der Waals surface area contributed by atoms with Crippen LogP contribution >= 0.6 is 15.9 Å². The Labute approximate surface area is 231 Å². The van der Waals surface area contributed by atoms with E-state index in [0.717, 1.165) is 32.2 Å². The van der Waals surface area contributed by atoms with Crippen LogP contribution in [0.25, 0.3) is 0 Å². The average Bonchev–Trinajstić information content (AvgIpc) is 2.85. The molecule has 3 aromatic rings. The van der Waals surface area contributed by atoms with Crippen molar-refractivity contribution < 1.29 is 22.4 Å². The van der Waals surface area contributed by atoms with E-state index < -0.39 is 34.3 Å². The molecule has 0 fully saturated rings. The number of amides is 2. The SMILES string of the molecule is CC(C)NC(=O)C(Cc1ccccc1)N(Cc1ccc(Br)cc1)C(=O)CN(c1cccc(F)c1)S(C)(=O)=O. The highest BCUT2D eigenvalue weighted by atomic mass is 79.9. The summed E-state index contributed by atoms with van der Waals surface area (Å²) in [5, 5.41) is 2.89. The molecule has 0 bridgehead atoms. The molecule has 0 heterocycles. The van der Waals surface area contributed by atoms with Crippen molar-refractivity contribution in [1.82, 2.24) is 10.2 Å². The van der Waals surface area contributed by atoms with E-state index >= 15 is 0 Å². The molecule has 1 unspecified atom stereocenters. The molecule has 0 aliphatic carbocycles. The summed E-state index contributed by atoms with van der Waals surface area (Å²) in [6.07, 6.45) is 1.18. The van der Waals surface area contributed by atoms with Gasteiger partial charge < -0.3 is 10.2 Å². The van der Waals surface area contributed by atoms with Crippen molar-refractivity contribution in [3.63, 3.8) is 0 Å². The number of hydrogen-bond acceptors (Lipinski definition) is 4. The van der Waals surface area contributed by atoms with Crippen LogP contribution in [0, 0.1) is 5.82 Å². The van der Waals surface area contributed by atoms with Crippen LogP contribution in [0.5, 0.6) is 0 Å². The van der Waals surface area contributed by atoms with Crippen LogP contribution in [0.4, 0.5) is 10.1 Å². The molecule has 2 amide bonds. The molecule has 0 aromatic heterocycles. The van der Waals surface area contributed by atoms with Gasteiger partial charge in [-0.2, -0.15) is 0 Å². The number of nitrogens with one attached hydrogen (secondary N) is 1. The first-order valence-corrected chi connectivity index (χ1v) is 14.7. The first-order valence-electron chi connectivity index (χ1n) is 12.1. The second-order valence-corrected chi connectivity index (χ2v) is 12.1. The molecule has 3 rings (SSSR count). The highest BCUT2D eigenvalue weighted by Gasteiger charge is 2.33. The van der Waals surface area contributed by atoms with E-state index in [0.29, 0.717) is 0 Å². The normalized spacial score (nSPS) is 12.2. The lowest BCUT2D eigenvalue weighted by molar-refractivity contribution is -0.140. The smallest absolute Gasteiger partial charge is 0.244 e. The van der Waals surface area contributed by atoms with Crippen molar-refractivity contribution >= 4 is 43.5 Å². The molecule has 202 valence electrons. The molecular formula is C28H31BrFN3O4S. The van der Waals surface area contributed by atoms with Crippen molar-refractivity contribution in [1.29, 1.82) is 0 Å². The number of anilines is 1. The molecular weight excluding hydrogens is 573 g/mol. The number of sulfonamides is 1. The molecule has 0 spiro atoms. The Morgan fingerprint density at radius 3 is 2.18 bits per heavy atom. The number of benzene rings is 3. The van der Waals surface area contributed by atoms with Gasteiger partial charge in [-0.15, -0.1) is 0 Å². The largest absolute Gasteiger partial charge is 0.352 e. The summed E-state index contributed by atoms with van der Waals surface area (Å²) in [6.45, 7) is 3.12. The van der Waals surface area contributed by atoms with E-state index in [1.54, 1.807) is 0 Å². The molecule has 10 heteroatoms. The molecule has 0 aliphatic heterocycles. The first-order chi connectivity index (χ1) is 17.9. The Morgan fingerprint density at radius 2 is 1.61 bits per heavy atom. The van der Waals surface area contributed by atoms with Gasteiger partial charge >= 0.3 is 0 Å². The Kier molecular flexibility index (Phi) is 10.0.